The van der Waals surface area contributed by atoms with E-state index in [0.717, 1.165) is 38.3 Å². The molecule has 1 saturated heterocycles. The van der Waals surface area contributed by atoms with Gasteiger partial charge in [0.05, 0.1) is 19.3 Å². The summed E-state index contributed by atoms with van der Waals surface area (Å²) < 4.78 is 18.3. The Labute approximate surface area is 114 Å². The van der Waals surface area contributed by atoms with Crippen LogP contribution in [0.15, 0.2) is 24.3 Å². The van der Waals surface area contributed by atoms with Crippen LogP contribution >= 0.6 is 0 Å². The molecule has 2 unspecified atom stereocenters. The van der Waals surface area contributed by atoms with Crippen molar-refractivity contribution in [2.45, 2.75) is 31.9 Å². The molecule has 0 aromatic heterocycles. The minimum atomic E-state index is -0.527. The highest BCUT2D eigenvalue weighted by Crippen LogP contribution is 2.19. The van der Waals surface area contributed by atoms with Gasteiger partial charge in [0.15, 0.2) is 0 Å². The first-order valence-electron chi connectivity index (χ1n) is 6.96. The van der Waals surface area contributed by atoms with Crippen LogP contribution in [0.4, 0.5) is 4.39 Å². The first-order valence-corrected chi connectivity index (χ1v) is 6.96. The van der Waals surface area contributed by atoms with Gasteiger partial charge < -0.3 is 9.84 Å². The van der Waals surface area contributed by atoms with Crippen LogP contribution < -0.4 is 0 Å². The van der Waals surface area contributed by atoms with Crippen LogP contribution in [0, 0.1) is 5.82 Å². The lowest BCUT2D eigenvalue weighted by molar-refractivity contribution is -0.0143. The van der Waals surface area contributed by atoms with Crippen molar-refractivity contribution >= 4 is 0 Å². The average Bonchev–Trinajstić information content (AvgIpc) is 2.45. The fraction of sp³-hybridized carbons (Fsp3) is 0.600. The highest BCUT2D eigenvalue weighted by atomic mass is 19.1. The van der Waals surface area contributed by atoms with Crippen molar-refractivity contribution in [3.8, 4) is 0 Å². The summed E-state index contributed by atoms with van der Waals surface area (Å²) in [5.74, 6) is -0.268. The van der Waals surface area contributed by atoms with E-state index in [4.69, 9.17) is 4.74 Å². The lowest BCUT2D eigenvalue weighted by Gasteiger charge is -2.35. The number of aliphatic hydroxyl groups excluding tert-OH is 1. The molecule has 106 valence electrons. The Morgan fingerprint density at radius 3 is 2.84 bits per heavy atom. The van der Waals surface area contributed by atoms with Crippen LogP contribution in [0.2, 0.25) is 0 Å². The van der Waals surface area contributed by atoms with Crippen molar-refractivity contribution < 1.29 is 14.2 Å². The van der Waals surface area contributed by atoms with Crippen molar-refractivity contribution in [1.29, 1.82) is 0 Å². The number of morpholine rings is 1. The van der Waals surface area contributed by atoms with Crippen LogP contribution in [0.1, 0.15) is 31.4 Å². The first-order chi connectivity index (χ1) is 9.20. The Morgan fingerprint density at radius 1 is 1.42 bits per heavy atom. The number of hydrogen-bond acceptors (Lipinski definition) is 3. The normalized spacial score (nSPS) is 22.4. The number of ether oxygens (including phenoxy) is 1. The number of benzene rings is 1. The molecule has 2 rings (SSSR count). The summed E-state index contributed by atoms with van der Waals surface area (Å²) >= 11 is 0. The minimum absolute atomic E-state index is 0.268. The Morgan fingerprint density at radius 2 is 2.16 bits per heavy atom. The van der Waals surface area contributed by atoms with Gasteiger partial charge in [-0.2, -0.15) is 0 Å². The fourth-order valence-corrected chi connectivity index (χ4v) is 2.50. The van der Waals surface area contributed by atoms with E-state index in [1.54, 1.807) is 12.1 Å². The van der Waals surface area contributed by atoms with E-state index in [-0.39, 0.29) is 5.82 Å². The molecule has 1 aromatic rings. The van der Waals surface area contributed by atoms with Gasteiger partial charge in [0, 0.05) is 19.1 Å². The third-order valence-corrected chi connectivity index (χ3v) is 3.77. The number of halogens is 1. The SMILES string of the molecule is CCC1COCCN1CCC(O)c1ccc(F)cc1. The second kappa shape index (κ2) is 6.98. The predicted molar refractivity (Wildman–Crippen MR) is 72.4 cm³/mol. The summed E-state index contributed by atoms with van der Waals surface area (Å²) in [4.78, 5) is 2.37. The summed E-state index contributed by atoms with van der Waals surface area (Å²) in [5.41, 5.74) is 0.780. The summed E-state index contributed by atoms with van der Waals surface area (Å²) in [6, 6.07) is 6.53. The summed E-state index contributed by atoms with van der Waals surface area (Å²) in [6.07, 6.45) is 1.20. The lowest BCUT2D eigenvalue weighted by Crippen LogP contribution is -2.45. The van der Waals surface area contributed by atoms with E-state index in [1.165, 1.54) is 12.1 Å². The van der Waals surface area contributed by atoms with Gasteiger partial charge in [0.2, 0.25) is 0 Å². The summed E-state index contributed by atoms with van der Waals surface area (Å²) in [5, 5.41) is 10.1. The van der Waals surface area contributed by atoms with E-state index in [0.29, 0.717) is 12.5 Å². The molecule has 1 N–H and O–H groups in total. The Balaban J connectivity index is 1.85. The van der Waals surface area contributed by atoms with Gasteiger partial charge in [-0.05, 0) is 30.5 Å². The molecular formula is C15H22FNO2. The van der Waals surface area contributed by atoms with Crippen LogP contribution in [0.3, 0.4) is 0 Å². The van der Waals surface area contributed by atoms with Crippen LogP contribution in [0.5, 0.6) is 0 Å². The highest BCUT2D eigenvalue weighted by Gasteiger charge is 2.21. The smallest absolute Gasteiger partial charge is 0.123 e. The molecule has 0 radical (unpaired) electrons. The van der Waals surface area contributed by atoms with Crippen LogP contribution in [0.25, 0.3) is 0 Å². The second-order valence-electron chi connectivity index (χ2n) is 5.03. The minimum Gasteiger partial charge on any atom is -0.388 e. The lowest BCUT2D eigenvalue weighted by atomic mass is 10.1. The Bertz CT molecular complexity index is 382. The Kier molecular flexibility index (Phi) is 5.31. The van der Waals surface area contributed by atoms with Crippen molar-refractivity contribution in [2.24, 2.45) is 0 Å². The zero-order valence-electron chi connectivity index (χ0n) is 11.4. The van der Waals surface area contributed by atoms with E-state index in [1.807, 2.05) is 0 Å². The molecule has 4 heteroatoms. The van der Waals surface area contributed by atoms with Gasteiger partial charge in [-0.1, -0.05) is 19.1 Å². The van der Waals surface area contributed by atoms with Gasteiger partial charge in [0.25, 0.3) is 0 Å². The number of nitrogens with zero attached hydrogens (tertiary/aromatic N) is 1. The van der Waals surface area contributed by atoms with E-state index < -0.39 is 6.10 Å². The zero-order chi connectivity index (χ0) is 13.7. The molecule has 0 saturated carbocycles. The third-order valence-electron chi connectivity index (χ3n) is 3.77. The van der Waals surface area contributed by atoms with Gasteiger partial charge in [-0.3, -0.25) is 4.90 Å². The molecule has 1 heterocycles. The molecule has 3 nitrogen and oxygen atoms in total. The maximum Gasteiger partial charge on any atom is 0.123 e. The summed E-state index contributed by atoms with van der Waals surface area (Å²) in [6.45, 7) is 5.48. The standard InChI is InChI=1S/C15H22FNO2/c1-2-14-11-19-10-9-17(14)8-7-15(18)12-3-5-13(16)6-4-12/h3-6,14-15,18H,2,7-11H2,1H3. The highest BCUT2D eigenvalue weighted by molar-refractivity contribution is 5.18. The maximum atomic E-state index is 12.8. The van der Waals surface area contributed by atoms with Crippen LogP contribution in [-0.2, 0) is 4.74 Å². The van der Waals surface area contributed by atoms with Crippen molar-refractivity contribution in [3.05, 3.63) is 35.6 Å². The largest absolute Gasteiger partial charge is 0.388 e. The predicted octanol–water partition coefficient (Wildman–Crippen LogP) is 2.36. The molecule has 19 heavy (non-hydrogen) atoms. The fourth-order valence-electron chi connectivity index (χ4n) is 2.50. The molecule has 1 fully saturated rings. The average molecular weight is 267 g/mol. The molecular weight excluding hydrogens is 245 g/mol. The maximum absolute atomic E-state index is 12.8. The number of aliphatic hydroxyl groups is 1. The molecule has 0 aliphatic carbocycles. The summed E-state index contributed by atoms with van der Waals surface area (Å²) in [7, 11) is 0. The van der Waals surface area contributed by atoms with Crippen molar-refractivity contribution in [1.82, 2.24) is 4.90 Å². The Hall–Kier alpha value is -0.970. The quantitative estimate of drug-likeness (QED) is 0.889. The van der Waals surface area contributed by atoms with Crippen molar-refractivity contribution in [3.63, 3.8) is 0 Å². The molecule has 1 aromatic carbocycles. The van der Waals surface area contributed by atoms with Crippen molar-refractivity contribution in [2.75, 3.05) is 26.3 Å². The molecule has 1 aliphatic rings. The second-order valence-corrected chi connectivity index (χ2v) is 5.03. The zero-order valence-corrected chi connectivity index (χ0v) is 11.4. The molecule has 2 atom stereocenters. The topological polar surface area (TPSA) is 32.7 Å². The van der Waals surface area contributed by atoms with E-state index >= 15 is 0 Å². The van der Waals surface area contributed by atoms with Gasteiger partial charge >= 0.3 is 0 Å². The number of rotatable bonds is 5. The van der Waals surface area contributed by atoms with Gasteiger partial charge in [0.1, 0.15) is 5.82 Å². The third kappa shape index (κ3) is 4.00. The first kappa shape index (κ1) is 14.4. The van der Waals surface area contributed by atoms with E-state index in [2.05, 4.69) is 11.8 Å². The van der Waals surface area contributed by atoms with Crippen LogP contribution in [-0.4, -0.2) is 42.4 Å². The van der Waals surface area contributed by atoms with E-state index in [9.17, 15) is 9.50 Å². The molecule has 0 amide bonds. The molecule has 1 aliphatic heterocycles. The molecule has 0 bridgehead atoms. The molecule has 0 spiro atoms. The van der Waals surface area contributed by atoms with Gasteiger partial charge in [-0.25, -0.2) is 4.39 Å². The monoisotopic (exact) mass is 267 g/mol. The number of hydrogen-bond donors (Lipinski definition) is 1. The van der Waals surface area contributed by atoms with Gasteiger partial charge in [-0.15, -0.1) is 0 Å².